The summed E-state index contributed by atoms with van der Waals surface area (Å²) in [5, 5.41) is 13.0. The average molecular weight is 667 g/mol. The first-order valence-electron chi connectivity index (χ1n) is 13.5. The molecule has 0 radical (unpaired) electrons. The Hall–Kier alpha value is -4.34. The molecular formula is C28H27Cl2F3N8O4. The van der Waals surface area contributed by atoms with Gasteiger partial charge in [-0.2, -0.15) is 13.2 Å². The number of primary amides is 1. The molecule has 0 aliphatic carbocycles. The molecule has 12 nitrogen and oxygen atoms in total. The molecule has 0 bridgehead atoms. The Balaban J connectivity index is 1.42. The van der Waals surface area contributed by atoms with Crippen LogP contribution in [0.2, 0.25) is 10.0 Å². The van der Waals surface area contributed by atoms with E-state index in [2.05, 4.69) is 15.3 Å². The zero-order valence-electron chi connectivity index (χ0n) is 23.9. The van der Waals surface area contributed by atoms with E-state index in [9.17, 15) is 32.7 Å². The second-order valence-electron chi connectivity index (χ2n) is 10.7. The van der Waals surface area contributed by atoms with Crippen LogP contribution < -0.4 is 21.5 Å². The van der Waals surface area contributed by atoms with E-state index < -0.39 is 35.8 Å². The number of aromatic hydroxyl groups is 1. The molecule has 45 heavy (non-hydrogen) atoms. The number of piperazine rings is 1. The number of hydrogen-bond acceptors (Lipinski definition) is 8. The Bertz CT molecular complexity index is 1880. The molecule has 4 aromatic rings. The second kappa shape index (κ2) is 12.2. The fourth-order valence-corrected chi connectivity index (χ4v) is 5.71. The highest BCUT2D eigenvalue weighted by Crippen LogP contribution is 2.36. The number of aryl methyl sites for hydroxylation is 1. The van der Waals surface area contributed by atoms with Crippen LogP contribution in [-0.2, 0) is 18.4 Å². The zero-order chi connectivity index (χ0) is 32.8. The number of fused-ring (bicyclic) bond motifs is 1. The van der Waals surface area contributed by atoms with E-state index in [-0.39, 0.29) is 70.1 Å². The largest absolute Gasteiger partial charge is 0.506 e. The monoisotopic (exact) mass is 666 g/mol. The molecule has 1 fully saturated rings. The molecule has 0 saturated carbocycles. The van der Waals surface area contributed by atoms with Crippen molar-refractivity contribution >= 4 is 57.6 Å². The SMILES string of the molecule is C[C@H]1CN(CC(F)(F)F)CCN1c1cc(NC(=O)Cn2cc(-c3cc(Cl)c(O)c(C(N)=O)c3)c3c(=O)n(C)cnc32)c(Cl)cn1. The van der Waals surface area contributed by atoms with Gasteiger partial charge in [0.05, 0.1) is 45.8 Å². The number of carbonyl (C=O) groups excluding carboxylic acids is 2. The molecule has 4 heterocycles. The molecule has 17 heteroatoms. The molecule has 5 rings (SSSR count). The Labute approximate surface area is 263 Å². The van der Waals surface area contributed by atoms with Crippen molar-refractivity contribution in [3.8, 4) is 16.9 Å². The van der Waals surface area contributed by atoms with Gasteiger partial charge in [0.15, 0.2) is 0 Å². The molecule has 0 unspecified atom stereocenters. The normalized spacial score (nSPS) is 15.9. The zero-order valence-corrected chi connectivity index (χ0v) is 25.4. The highest BCUT2D eigenvalue weighted by Gasteiger charge is 2.34. The second-order valence-corrected chi connectivity index (χ2v) is 11.5. The minimum atomic E-state index is -4.30. The number of hydrogen-bond donors (Lipinski definition) is 3. The van der Waals surface area contributed by atoms with Gasteiger partial charge in [0.25, 0.3) is 11.5 Å². The number of rotatable bonds is 7. The molecule has 1 aliphatic heterocycles. The third kappa shape index (κ3) is 6.70. The van der Waals surface area contributed by atoms with Gasteiger partial charge in [0.1, 0.15) is 23.8 Å². The predicted octanol–water partition coefficient (Wildman–Crippen LogP) is 3.62. The first kappa shape index (κ1) is 32.1. The lowest BCUT2D eigenvalue weighted by Crippen LogP contribution is -2.54. The minimum Gasteiger partial charge on any atom is -0.506 e. The van der Waals surface area contributed by atoms with Gasteiger partial charge in [-0.3, -0.25) is 19.3 Å². The lowest BCUT2D eigenvalue weighted by molar-refractivity contribution is -0.147. The van der Waals surface area contributed by atoms with Crippen LogP contribution in [0.5, 0.6) is 5.75 Å². The molecule has 2 amide bonds. The van der Waals surface area contributed by atoms with Crippen molar-refractivity contribution in [1.82, 2.24) is 24.0 Å². The summed E-state index contributed by atoms with van der Waals surface area (Å²) in [4.78, 5) is 50.2. The summed E-state index contributed by atoms with van der Waals surface area (Å²) in [5.74, 6) is -1.54. The molecule has 3 aromatic heterocycles. The molecular weight excluding hydrogens is 640 g/mol. The number of nitrogens with one attached hydrogen (secondary N) is 1. The van der Waals surface area contributed by atoms with Crippen molar-refractivity contribution in [3.05, 3.63) is 62.9 Å². The Morgan fingerprint density at radius 1 is 1.16 bits per heavy atom. The molecule has 238 valence electrons. The van der Waals surface area contributed by atoms with E-state index in [0.717, 1.165) is 0 Å². The van der Waals surface area contributed by atoms with Crippen LogP contribution in [0.25, 0.3) is 22.2 Å². The topological polar surface area (TPSA) is 152 Å². The van der Waals surface area contributed by atoms with E-state index in [4.69, 9.17) is 28.9 Å². The van der Waals surface area contributed by atoms with Gasteiger partial charge in [-0.05, 0) is 24.6 Å². The molecule has 1 saturated heterocycles. The van der Waals surface area contributed by atoms with Crippen LogP contribution >= 0.6 is 23.2 Å². The van der Waals surface area contributed by atoms with E-state index >= 15 is 0 Å². The lowest BCUT2D eigenvalue weighted by Gasteiger charge is -2.40. The van der Waals surface area contributed by atoms with E-state index in [0.29, 0.717) is 11.4 Å². The summed E-state index contributed by atoms with van der Waals surface area (Å²) in [7, 11) is 1.50. The lowest BCUT2D eigenvalue weighted by atomic mass is 10.0. The number of nitrogens with two attached hydrogens (primary N) is 1. The van der Waals surface area contributed by atoms with Crippen molar-refractivity contribution in [2.75, 3.05) is 36.4 Å². The van der Waals surface area contributed by atoms with Crippen LogP contribution in [0.15, 0.2) is 41.7 Å². The maximum Gasteiger partial charge on any atom is 0.401 e. The number of nitrogens with zero attached hydrogens (tertiary/aromatic N) is 6. The van der Waals surface area contributed by atoms with Gasteiger partial charge in [0, 0.05) is 50.6 Å². The first-order valence-corrected chi connectivity index (χ1v) is 14.3. The van der Waals surface area contributed by atoms with Crippen LogP contribution in [-0.4, -0.2) is 79.3 Å². The molecule has 1 atom stereocenters. The summed E-state index contributed by atoms with van der Waals surface area (Å²) in [6, 6.07) is 3.90. The van der Waals surface area contributed by atoms with Crippen LogP contribution in [0.1, 0.15) is 17.3 Å². The fraction of sp³-hybridized carbons (Fsp3) is 0.321. The average Bonchev–Trinajstić information content (AvgIpc) is 3.31. The van der Waals surface area contributed by atoms with Gasteiger partial charge < -0.3 is 30.2 Å². The minimum absolute atomic E-state index is 0.132. The number of carbonyl (C=O) groups is 2. The quantitative estimate of drug-likeness (QED) is 0.271. The third-order valence-electron chi connectivity index (χ3n) is 7.41. The van der Waals surface area contributed by atoms with Crippen molar-refractivity contribution in [2.45, 2.75) is 25.7 Å². The first-order chi connectivity index (χ1) is 21.1. The summed E-state index contributed by atoms with van der Waals surface area (Å²) in [5.41, 5.74) is 5.67. The van der Waals surface area contributed by atoms with Gasteiger partial charge in [-0.15, -0.1) is 0 Å². The summed E-state index contributed by atoms with van der Waals surface area (Å²) in [6.07, 6.45) is -0.159. The van der Waals surface area contributed by atoms with Gasteiger partial charge in [0.2, 0.25) is 5.91 Å². The number of aromatic nitrogens is 4. The number of pyridine rings is 1. The van der Waals surface area contributed by atoms with Gasteiger partial charge >= 0.3 is 6.18 Å². The van der Waals surface area contributed by atoms with Crippen LogP contribution in [0.3, 0.4) is 0 Å². The van der Waals surface area contributed by atoms with Crippen molar-refractivity contribution in [3.63, 3.8) is 0 Å². The molecule has 1 aromatic carbocycles. The van der Waals surface area contributed by atoms with Crippen LogP contribution in [0.4, 0.5) is 24.7 Å². The maximum atomic E-state index is 13.3. The van der Waals surface area contributed by atoms with Gasteiger partial charge in [-0.25, -0.2) is 9.97 Å². The van der Waals surface area contributed by atoms with E-state index in [1.165, 1.54) is 51.9 Å². The summed E-state index contributed by atoms with van der Waals surface area (Å²) in [6.45, 7) is 1.12. The highest BCUT2D eigenvalue weighted by molar-refractivity contribution is 6.34. The highest BCUT2D eigenvalue weighted by atomic mass is 35.5. The Morgan fingerprint density at radius 2 is 1.89 bits per heavy atom. The maximum absolute atomic E-state index is 13.3. The third-order valence-corrected chi connectivity index (χ3v) is 8.00. The van der Waals surface area contributed by atoms with Crippen molar-refractivity contribution in [2.24, 2.45) is 12.8 Å². The summed E-state index contributed by atoms with van der Waals surface area (Å²) < 4.78 is 41.3. The van der Waals surface area contributed by atoms with E-state index in [1.54, 1.807) is 13.0 Å². The smallest absolute Gasteiger partial charge is 0.401 e. The predicted molar refractivity (Wildman–Crippen MR) is 163 cm³/mol. The number of anilines is 2. The van der Waals surface area contributed by atoms with Crippen molar-refractivity contribution < 1.29 is 27.9 Å². The van der Waals surface area contributed by atoms with E-state index in [1.807, 2.05) is 4.90 Å². The number of halogens is 5. The standard InChI is InChI=1S/C28H27Cl2F3N8O4/c1-14-9-39(12-28(31,32)33)3-4-41(14)21-7-20(19(30)8-35-21)37-22(42)11-40-10-17(23-26(40)36-13-38(2)27(23)45)15-5-16(25(34)44)24(43)18(29)6-15/h5-8,10,13-14,43H,3-4,9,11-12H2,1-2H3,(H2,34,44)(H,35,37,42)/t14-/m0/s1. The Kier molecular flexibility index (Phi) is 8.70. The number of phenols is 1. The molecule has 1 aliphatic rings. The van der Waals surface area contributed by atoms with Gasteiger partial charge in [-0.1, -0.05) is 23.2 Å². The van der Waals surface area contributed by atoms with Crippen molar-refractivity contribution in [1.29, 1.82) is 0 Å². The number of amides is 2. The molecule has 4 N–H and O–H groups in total. The fourth-order valence-electron chi connectivity index (χ4n) is 5.34. The Morgan fingerprint density at radius 3 is 2.56 bits per heavy atom. The summed E-state index contributed by atoms with van der Waals surface area (Å²) >= 11 is 12.5. The molecule has 0 spiro atoms. The number of alkyl halides is 3. The number of benzene rings is 1. The van der Waals surface area contributed by atoms with Crippen LogP contribution in [0, 0.1) is 0 Å².